The average Bonchev–Trinajstić information content (AvgIpc) is 2.78. The zero-order valence-corrected chi connectivity index (χ0v) is 20.8. The topological polar surface area (TPSA) is 159 Å². The van der Waals surface area contributed by atoms with Crippen molar-refractivity contribution in [2.45, 2.75) is 63.8 Å². The van der Waals surface area contributed by atoms with Crippen LogP contribution in [0.2, 0.25) is 0 Å². The van der Waals surface area contributed by atoms with Crippen molar-refractivity contribution in [3.8, 4) is 0 Å². The van der Waals surface area contributed by atoms with Crippen molar-refractivity contribution < 1.29 is 34.4 Å². The smallest absolute Gasteiger partial charge is 0.407 e. The SMILES string of the molecule is CC(C)(C)OC(=O)N[C@@H](Cc1ccccc1)C[C@H](O)[C@@H](N)Cc1ccccc1.O=C(O)C=CC(=O)O. The maximum atomic E-state index is 12.3. The highest BCUT2D eigenvalue weighted by molar-refractivity contribution is 5.89. The first-order valence-electron chi connectivity index (χ1n) is 11.5. The molecule has 0 heterocycles. The van der Waals surface area contributed by atoms with Crippen molar-refractivity contribution in [2.75, 3.05) is 0 Å². The zero-order chi connectivity index (χ0) is 27.1. The molecular formula is C27H36N2O7. The molecule has 0 radical (unpaired) electrons. The van der Waals surface area contributed by atoms with Gasteiger partial charge in [-0.25, -0.2) is 14.4 Å². The lowest BCUT2D eigenvalue weighted by atomic mass is 9.94. The van der Waals surface area contributed by atoms with Gasteiger partial charge in [0.05, 0.1) is 6.10 Å². The quantitative estimate of drug-likeness (QED) is 0.311. The normalized spacial score (nSPS) is 13.6. The molecular weight excluding hydrogens is 464 g/mol. The first-order chi connectivity index (χ1) is 16.9. The predicted molar refractivity (Wildman–Crippen MR) is 136 cm³/mol. The Morgan fingerprint density at radius 1 is 0.889 bits per heavy atom. The van der Waals surface area contributed by atoms with Gasteiger partial charge in [-0.05, 0) is 51.2 Å². The summed E-state index contributed by atoms with van der Waals surface area (Å²) >= 11 is 0. The molecule has 0 bridgehead atoms. The average molecular weight is 501 g/mol. The van der Waals surface area contributed by atoms with E-state index in [0.29, 0.717) is 31.4 Å². The van der Waals surface area contributed by atoms with Crippen LogP contribution in [0.4, 0.5) is 4.79 Å². The van der Waals surface area contributed by atoms with Crippen molar-refractivity contribution in [1.82, 2.24) is 5.32 Å². The molecule has 0 spiro atoms. The van der Waals surface area contributed by atoms with E-state index in [1.54, 1.807) is 0 Å². The summed E-state index contributed by atoms with van der Waals surface area (Å²) in [6.07, 6.45) is 1.40. The Morgan fingerprint density at radius 3 is 1.75 bits per heavy atom. The maximum absolute atomic E-state index is 12.3. The number of rotatable bonds is 10. The first-order valence-corrected chi connectivity index (χ1v) is 11.5. The van der Waals surface area contributed by atoms with Crippen LogP contribution in [0.15, 0.2) is 72.8 Å². The van der Waals surface area contributed by atoms with E-state index in [4.69, 9.17) is 20.7 Å². The van der Waals surface area contributed by atoms with Crippen LogP contribution in [0.1, 0.15) is 38.3 Å². The number of nitrogens with one attached hydrogen (secondary N) is 1. The Kier molecular flexibility index (Phi) is 12.9. The molecule has 3 atom stereocenters. The second kappa shape index (κ2) is 15.3. The summed E-state index contributed by atoms with van der Waals surface area (Å²) in [5.74, 6) is -2.51. The standard InChI is InChI=1S/C23H32N2O3.C4H4O4/c1-23(2,3)28-22(27)25-19(14-17-10-6-4-7-11-17)16-21(26)20(24)15-18-12-8-5-9-13-18;5-3(6)1-2-4(7)8/h4-13,19-21,26H,14-16,24H2,1-3H3,(H,25,27);1-2H,(H,5,6)(H,7,8)/t19-,20-,21-;/m0./s1. The number of aliphatic carboxylic acids is 2. The van der Waals surface area contributed by atoms with Crippen LogP contribution in [0.3, 0.4) is 0 Å². The van der Waals surface area contributed by atoms with Crippen LogP contribution < -0.4 is 11.1 Å². The second-order valence-corrected chi connectivity index (χ2v) is 9.20. The minimum atomic E-state index is -1.26. The Bertz CT molecular complexity index is 957. The molecule has 36 heavy (non-hydrogen) atoms. The van der Waals surface area contributed by atoms with E-state index in [0.717, 1.165) is 11.1 Å². The van der Waals surface area contributed by atoms with Crippen molar-refractivity contribution >= 4 is 18.0 Å². The number of hydrogen-bond donors (Lipinski definition) is 5. The van der Waals surface area contributed by atoms with E-state index >= 15 is 0 Å². The van der Waals surface area contributed by atoms with Gasteiger partial charge in [0, 0.05) is 24.2 Å². The van der Waals surface area contributed by atoms with Gasteiger partial charge < -0.3 is 31.1 Å². The minimum absolute atomic E-state index is 0.283. The number of hydrogen-bond acceptors (Lipinski definition) is 6. The molecule has 0 aliphatic rings. The van der Waals surface area contributed by atoms with Crippen molar-refractivity contribution in [2.24, 2.45) is 5.73 Å². The number of ether oxygens (including phenoxy) is 1. The number of nitrogens with two attached hydrogens (primary N) is 1. The van der Waals surface area contributed by atoms with Crippen LogP contribution in [0.5, 0.6) is 0 Å². The van der Waals surface area contributed by atoms with Gasteiger partial charge in [0.2, 0.25) is 0 Å². The molecule has 0 fully saturated rings. The summed E-state index contributed by atoms with van der Waals surface area (Å²) in [6.45, 7) is 5.47. The molecule has 9 nitrogen and oxygen atoms in total. The summed E-state index contributed by atoms with van der Waals surface area (Å²) in [4.78, 5) is 31.4. The minimum Gasteiger partial charge on any atom is -0.478 e. The molecule has 9 heteroatoms. The molecule has 2 aromatic rings. The number of aliphatic hydroxyl groups is 1. The van der Waals surface area contributed by atoms with Gasteiger partial charge in [0.1, 0.15) is 5.60 Å². The number of carboxylic acid groups (broad SMARTS) is 2. The molecule has 6 N–H and O–H groups in total. The number of aliphatic hydroxyl groups excluding tert-OH is 1. The number of benzene rings is 2. The van der Waals surface area contributed by atoms with Crippen LogP contribution >= 0.6 is 0 Å². The molecule has 0 saturated carbocycles. The summed E-state index contributed by atoms with van der Waals surface area (Å²) < 4.78 is 5.38. The molecule has 0 saturated heterocycles. The Hall–Kier alpha value is -3.69. The van der Waals surface area contributed by atoms with Crippen LogP contribution in [-0.4, -0.2) is 57.1 Å². The number of carbonyl (C=O) groups excluding carboxylic acids is 1. The molecule has 2 rings (SSSR count). The van der Waals surface area contributed by atoms with Crippen LogP contribution in [0, 0.1) is 0 Å². The number of alkyl carbamates (subject to hydrolysis) is 1. The third-order valence-electron chi connectivity index (χ3n) is 4.75. The second-order valence-electron chi connectivity index (χ2n) is 9.20. The first kappa shape index (κ1) is 30.3. The molecule has 0 aliphatic heterocycles. The molecule has 0 aromatic heterocycles. The highest BCUT2D eigenvalue weighted by atomic mass is 16.6. The molecule has 196 valence electrons. The third kappa shape index (κ3) is 14.5. The van der Waals surface area contributed by atoms with E-state index in [-0.39, 0.29) is 6.04 Å². The van der Waals surface area contributed by atoms with Crippen LogP contribution in [-0.2, 0) is 27.2 Å². The number of amides is 1. The van der Waals surface area contributed by atoms with E-state index in [1.807, 2.05) is 81.4 Å². The van der Waals surface area contributed by atoms with Gasteiger partial charge in [-0.3, -0.25) is 0 Å². The van der Waals surface area contributed by atoms with Crippen molar-refractivity contribution in [1.29, 1.82) is 0 Å². The van der Waals surface area contributed by atoms with E-state index < -0.39 is 35.8 Å². The molecule has 1 amide bonds. The fraction of sp³-hybridized carbons (Fsp3) is 0.370. The fourth-order valence-electron chi connectivity index (χ4n) is 3.20. The summed E-state index contributed by atoms with van der Waals surface area (Å²) in [5.41, 5.74) is 7.80. The Morgan fingerprint density at radius 2 is 1.33 bits per heavy atom. The highest BCUT2D eigenvalue weighted by Gasteiger charge is 2.24. The lowest BCUT2D eigenvalue weighted by Crippen LogP contribution is -2.46. The van der Waals surface area contributed by atoms with Crippen molar-refractivity contribution in [3.63, 3.8) is 0 Å². The van der Waals surface area contributed by atoms with Gasteiger partial charge in [-0.2, -0.15) is 0 Å². The molecule has 2 aromatic carbocycles. The lowest BCUT2D eigenvalue weighted by molar-refractivity contribution is -0.134. The van der Waals surface area contributed by atoms with E-state index in [2.05, 4.69) is 5.32 Å². The number of carboxylic acids is 2. The van der Waals surface area contributed by atoms with Gasteiger partial charge in [0.15, 0.2) is 0 Å². The van der Waals surface area contributed by atoms with Crippen molar-refractivity contribution in [3.05, 3.63) is 83.9 Å². The number of carbonyl (C=O) groups is 3. The maximum Gasteiger partial charge on any atom is 0.407 e. The zero-order valence-electron chi connectivity index (χ0n) is 20.8. The van der Waals surface area contributed by atoms with Crippen LogP contribution in [0.25, 0.3) is 0 Å². The largest absolute Gasteiger partial charge is 0.478 e. The Balaban J connectivity index is 0.000000697. The van der Waals surface area contributed by atoms with Gasteiger partial charge >= 0.3 is 18.0 Å². The molecule has 0 aliphatic carbocycles. The molecule has 0 unspecified atom stereocenters. The van der Waals surface area contributed by atoms with Gasteiger partial charge in [0.25, 0.3) is 0 Å². The third-order valence-corrected chi connectivity index (χ3v) is 4.75. The monoisotopic (exact) mass is 500 g/mol. The highest BCUT2D eigenvalue weighted by Crippen LogP contribution is 2.14. The van der Waals surface area contributed by atoms with Gasteiger partial charge in [-0.1, -0.05) is 60.7 Å². The van der Waals surface area contributed by atoms with Gasteiger partial charge in [-0.15, -0.1) is 0 Å². The summed E-state index contributed by atoms with van der Waals surface area (Å²) in [7, 11) is 0. The fourth-order valence-corrected chi connectivity index (χ4v) is 3.20. The lowest BCUT2D eigenvalue weighted by Gasteiger charge is -2.27. The summed E-state index contributed by atoms with van der Waals surface area (Å²) in [5, 5.41) is 29.2. The van der Waals surface area contributed by atoms with E-state index in [9.17, 15) is 19.5 Å². The predicted octanol–water partition coefficient (Wildman–Crippen LogP) is 3.16. The van der Waals surface area contributed by atoms with E-state index in [1.165, 1.54) is 0 Å². The Labute approximate surface area is 211 Å². The summed E-state index contributed by atoms with van der Waals surface area (Å²) in [6, 6.07) is 19.0.